The van der Waals surface area contributed by atoms with Crippen LogP contribution in [0.15, 0.2) is 6.07 Å². The molecule has 4 nitrogen and oxygen atoms in total. The molecule has 0 aliphatic carbocycles. The van der Waals surface area contributed by atoms with Crippen molar-refractivity contribution in [3.63, 3.8) is 0 Å². The molecule has 0 unspecified atom stereocenters. The lowest BCUT2D eigenvalue weighted by molar-refractivity contribution is -0.120. The Morgan fingerprint density at radius 2 is 2.13 bits per heavy atom. The minimum absolute atomic E-state index is 0.00596. The number of carbonyl (C=O) groups is 1. The maximum absolute atomic E-state index is 11.2. The van der Waals surface area contributed by atoms with Crippen molar-refractivity contribution in [2.45, 2.75) is 32.6 Å². The van der Waals surface area contributed by atoms with Crippen LogP contribution in [0.4, 0.5) is 0 Å². The van der Waals surface area contributed by atoms with Crippen LogP contribution in [0.25, 0.3) is 0 Å². The van der Waals surface area contributed by atoms with Crippen LogP contribution in [-0.4, -0.2) is 22.7 Å². The maximum atomic E-state index is 11.2. The van der Waals surface area contributed by atoms with E-state index in [1.54, 1.807) is 7.05 Å². The maximum Gasteiger partial charge on any atom is 0.225 e. The van der Waals surface area contributed by atoms with Crippen LogP contribution in [0.1, 0.15) is 32.2 Å². The van der Waals surface area contributed by atoms with E-state index < -0.39 is 0 Å². The molecule has 1 aromatic rings. The second-order valence-electron chi connectivity index (χ2n) is 4.74. The summed E-state index contributed by atoms with van der Waals surface area (Å²) in [7, 11) is 3.55. The van der Waals surface area contributed by atoms with Gasteiger partial charge in [0.2, 0.25) is 5.91 Å². The number of hydrogen-bond acceptors (Lipinski definition) is 2. The van der Waals surface area contributed by atoms with Crippen molar-refractivity contribution >= 4 is 5.91 Å². The largest absolute Gasteiger partial charge is 0.359 e. The third-order valence-corrected chi connectivity index (χ3v) is 2.32. The number of likely N-dealkylation sites (N-methyl/N-ethyl adjacent to an activating group) is 1. The van der Waals surface area contributed by atoms with Gasteiger partial charge in [-0.1, -0.05) is 20.8 Å². The number of rotatable bonds is 2. The summed E-state index contributed by atoms with van der Waals surface area (Å²) < 4.78 is 1.85. The third kappa shape index (κ3) is 2.81. The Labute approximate surface area is 90.7 Å². The van der Waals surface area contributed by atoms with Gasteiger partial charge in [0.05, 0.1) is 12.1 Å². The summed E-state index contributed by atoms with van der Waals surface area (Å²) >= 11 is 0. The molecule has 15 heavy (non-hydrogen) atoms. The fourth-order valence-electron chi connectivity index (χ4n) is 1.57. The quantitative estimate of drug-likeness (QED) is 0.790. The highest BCUT2D eigenvalue weighted by molar-refractivity contribution is 5.77. The van der Waals surface area contributed by atoms with Gasteiger partial charge in [0.1, 0.15) is 0 Å². The molecular formula is C11H19N3O. The molecule has 1 amide bonds. The first-order valence-electron chi connectivity index (χ1n) is 5.08. The molecule has 0 fully saturated rings. The molecule has 0 radical (unpaired) electrons. The van der Waals surface area contributed by atoms with Crippen LogP contribution in [-0.2, 0) is 23.7 Å². The third-order valence-electron chi connectivity index (χ3n) is 2.32. The second-order valence-corrected chi connectivity index (χ2v) is 4.74. The van der Waals surface area contributed by atoms with E-state index in [9.17, 15) is 4.79 Å². The summed E-state index contributed by atoms with van der Waals surface area (Å²) in [4.78, 5) is 11.2. The van der Waals surface area contributed by atoms with E-state index in [-0.39, 0.29) is 11.3 Å². The minimum atomic E-state index is -0.00596. The lowest BCUT2D eigenvalue weighted by atomic mass is 9.92. The Bertz CT molecular complexity index is 360. The van der Waals surface area contributed by atoms with Crippen molar-refractivity contribution in [2.24, 2.45) is 7.05 Å². The summed E-state index contributed by atoms with van der Waals surface area (Å²) in [6.45, 7) is 6.40. The first kappa shape index (κ1) is 11.8. The number of nitrogens with zero attached hydrogens (tertiary/aromatic N) is 2. The lowest BCUT2D eigenvalue weighted by Gasteiger charge is -2.17. The minimum Gasteiger partial charge on any atom is -0.359 e. The van der Waals surface area contributed by atoms with E-state index in [0.29, 0.717) is 6.42 Å². The summed E-state index contributed by atoms with van der Waals surface area (Å²) in [5.74, 6) is -0.00596. The SMILES string of the molecule is CNC(=O)Cc1cc(C(C)(C)C)n(C)n1. The number of aryl methyl sites for hydroxylation is 1. The smallest absolute Gasteiger partial charge is 0.225 e. The van der Waals surface area contributed by atoms with Crippen LogP contribution >= 0.6 is 0 Å². The Hall–Kier alpha value is -1.32. The van der Waals surface area contributed by atoms with Crippen molar-refractivity contribution in [3.8, 4) is 0 Å². The average Bonchev–Trinajstić information content (AvgIpc) is 2.45. The highest BCUT2D eigenvalue weighted by Crippen LogP contribution is 2.22. The van der Waals surface area contributed by atoms with Crippen LogP contribution < -0.4 is 5.32 Å². The van der Waals surface area contributed by atoms with E-state index in [0.717, 1.165) is 11.4 Å². The predicted molar refractivity (Wildman–Crippen MR) is 59.7 cm³/mol. The fourth-order valence-corrected chi connectivity index (χ4v) is 1.57. The van der Waals surface area contributed by atoms with E-state index >= 15 is 0 Å². The van der Waals surface area contributed by atoms with Gasteiger partial charge < -0.3 is 5.32 Å². The molecule has 1 rings (SSSR count). The van der Waals surface area contributed by atoms with Crippen molar-refractivity contribution in [1.29, 1.82) is 0 Å². The standard InChI is InChI=1S/C11H19N3O/c1-11(2,3)9-6-8(13-14(9)5)7-10(15)12-4/h6H,7H2,1-5H3,(H,12,15). The zero-order chi connectivity index (χ0) is 11.6. The fraction of sp³-hybridized carbons (Fsp3) is 0.636. The molecule has 0 spiro atoms. The van der Waals surface area contributed by atoms with Crippen molar-refractivity contribution < 1.29 is 4.79 Å². The summed E-state index contributed by atoms with van der Waals surface area (Å²) in [5.41, 5.74) is 2.02. The van der Waals surface area contributed by atoms with Gasteiger partial charge in [0.15, 0.2) is 0 Å². The molecule has 1 heterocycles. The molecule has 0 atom stereocenters. The van der Waals surface area contributed by atoms with Crippen LogP contribution in [0.3, 0.4) is 0 Å². The lowest BCUT2D eigenvalue weighted by Crippen LogP contribution is -2.20. The number of hydrogen-bond donors (Lipinski definition) is 1. The molecular weight excluding hydrogens is 190 g/mol. The highest BCUT2D eigenvalue weighted by atomic mass is 16.1. The molecule has 0 aliphatic heterocycles. The zero-order valence-electron chi connectivity index (χ0n) is 10.1. The van der Waals surface area contributed by atoms with Gasteiger partial charge in [0, 0.05) is 25.2 Å². The summed E-state index contributed by atoms with van der Waals surface area (Å²) in [6, 6.07) is 2.00. The van der Waals surface area contributed by atoms with E-state index in [4.69, 9.17) is 0 Å². The molecule has 0 aliphatic rings. The van der Waals surface area contributed by atoms with Crippen LogP contribution in [0.2, 0.25) is 0 Å². The number of carbonyl (C=O) groups excluding carboxylic acids is 1. The van der Waals surface area contributed by atoms with E-state index in [2.05, 4.69) is 31.2 Å². The van der Waals surface area contributed by atoms with E-state index in [1.807, 2.05) is 17.8 Å². The summed E-state index contributed by atoms with van der Waals surface area (Å²) in [5, 5.41) is 6.91. The van der Waals surface area contributed by atoms with Crippen LogP contribution in [0.5, 0.6) is 0 Å². The van der Waals surface area contributed by atoms with Crippen molar-refractivity contribution in [3.05, 3.63) is 17.5 Å². The van der Waals surface area contributed by atoms with Crippen molar-refractivity contribution in [2.75, 3.05) is 7.05 Å². The topological polar surface area (TPSA) is 46.9 Å². The van der Waals surface area contributed by atoms with Gasteiger partial charge in [-0.25, -0.2) is 0 Å². The van der Waals surface area contributed by atoms with Gasteiger partial charge in [-0.2, -0.15) is 5.10 Å². The molecule has 0 bridgehead atoms. The molecule has 0 saturated carbocycles. The van der Waals surface area contributed by atoms with E-state index in [1.165, 1.54) is 0 Å². The molecule has 4 heteroatoms. The number of nitrogens with one attached hydrogen (secondary N) is 1. The monoisotopic (exact) mass is 209 g/mol. The first-order valence-corrected chi connectivity index (χ1v) is 5.08. The average molecular weight is 209 g/mol. The van der Waals surface area contributed by atoms with Gasteiger partial charge in [-0.3, -0.25) is 9.48 Å². The molecule has 0 aromatic carbocycles. The molecule has 1 N–H and O–H groups in total. The van der Waals surface area contributed by atoms with Crippen molar-refractivity contribution in [1.82, 2.24) is 15.1 Å². The Kier molecular flexibility index (Phi) is 3.17. The van der Waals surface area contributed by atoms with Crippen LogP contribution in [0, 0.1) is 0 Å². The Morgan fingerprint density at radius 1 is 1.53 bits per heavy atom. The van der Waals surface area contributed by atoms with Gasteiger partial charge in [-0.15, -0.1) is 0 Å². The number of amides is 1. The predicted octanol–water partition coefficient (Wildman–Crippen LogP) is 1.01. The number of aromatic nitrogens is 2. The molecule has 1 aromatic heterocycles. The van der Waals surface area contributed by atoms with Gasteiger partial charge in [-0.05, 0) is 6.07 Å². The Morgan fingerprint density at radius 3 is 2.53 bits per heavy atom. The molecule has 0 saturated heterocycles. The highest BCUT2D eigenvalue weighted by Gasteiger charge is 2.19. The second kappa shape index (κ2) is 4.04. The molecule has 84 valence electrons. The van der Waals surface area contributed by atoms with Gasteiger partial charge in [0.25, 0.3) is 0 Å². The zero-order valence-corrected chi connectivity index (χ0v) is 10.1. The normalized spacial score (nSPS) is 11.5. The summed E-state index contributed by atoms with van der Waals surface area (Å²) in [6.07, 6.45) is 0.348. The first-order chi connectivity index (χ1) is 6.84. The van der Waals surface area contributed by atoms with Gasteiger partial charge >= 0.3 is 0 Å². The Balaban J connectivity index is 2.91.